The van der Waals surface area contributed by atoms with Crippen molar-refractivity contribution in [1.82, 2.24) is 0 Å². The van der Waals surface area contributed by atoms with Gasteiger partial charge in [0.2, 0.25) is 0 Å². The van der Waals surface area contributed by atoms with E-state index in [-0.39, 0.29) is 5.41 Å². The van der Waals surface area contributed by atoms with Gasteiger partial charge in [-0.1, -0.05) is 166 Å². The molecule has 56 heavy (non-hydrogen) atoms. The zero-order valence-corrected chi connectivity index (χ0v) is 31.5. The van der Waals surface area contributed by atoms with Gasteiger partial charge in [0.25, 0.3) is 0 Å². The van der Waals surface area contributed by atoms with E-state index in [1.165, 1.54) is 94.3 Å². The molecular weight excluding hydrogens is 675 g/mol. The Morgan fingerprint density at radius 1 is 0.339 bits per heavy atom. The molecule has 0 bridgehead atoms. The lowest BCUT2D eigenvalue weighted by Crippen LogP contribution is -2.16. The molecule has 11 rings (SSSR count). The summed E-state index contributed by atoms with van der Waals surface area (Å²) in [7, 11) is 0. The smallest absolute Gasteiger partial charge is 0.0543 e. The fourth-order valence-corrected chi connectivity index (χ4v) is 9.47. The van der Waals surface area contributed by atoms with Gasteiger partial charge in [-0.25, -0.2) is 0 Å². The highest BCUT2D eigenvalue weighted by molar-refractivity contribution is 6.16. The van der Waals surface area contributed by atoms with E-state index >= 15 is 0 Å². The summed E-state index contributed by atoms with van der Waals surface area (Å²) in [5.41, 5.74) is 21.2. The molecule has 0 saturated heterocycles. The zero-order chi connectivity index (χ0) is 37.4. The molecular formula is C55H39N. The maximum absolute atomic E-state index is 2.46. The monoisotopic (exact) mass is 713 g/mol. The SMILES string of the molecule is CC1(C)c2ccccc2-c2c(N(c3ccc(-c4ccccc4)cc3)c3cccc(-c4cccc(-c5cc6c7c(cccc7c5)-c5ccccc5-6)c4)c3)cccc21. The van der Waals surface area contributed by atoms with Crippen molar-refractivity contribution in [3.8, 4) is 66.8 Å². The molecule has 0 spiro atoms. The topological polar surface area (TPSA) is 3.24 Å². The van der Waals surface area contributed by atoms with E-state index in [1.54, 1.807) is 0 Å². The van der Waals surface area contributed by atoms with Gasteiger partial charge in [-0.3, -0.25) is 0 Å². The largest absolute Gasteiger partial charge is 0.310 e. The van der Waals surface area contributed by atoms with Crippen LogP contribution in [0.25, 0.3) is 77.5 Å². The van der Waals surface area contributed by atoms with Crippen molar-refractivity contribution in [1.29, 1.82) is 0 Å². The first-order valence-electron chi connectivity index (χ1n) is 19.6. The second-order valence-corrected chi connectivity index (χ2v) is 15.7. The third-order valence-corrected chi connectivity index (χ3v) is 12.2. The molecule has 0 amide bonds. The van der Waals surface area contributed by atoms with Gasteiger partial charge >= 0.3 is 0 Å². The molecule has 0 saturated carbocycles. The Hall–Kier alpha value is -6.96. The van der Waals surface area contributed by atoms with Gasteiger partial charge in [0.1, 0.15) is 0 Å². The lowest BCUT2D eigenvalue weighted by atomic mass is 9.82. The highest BCUT2D eigenvalue weighted by Gasteiger charge is 2.37. The number of rotatable bonds is 6. The summed E-state index contributed by atoms with van der Waals surface area (Å²) in [4.78, 5) is 2.46. The highest BCUT2D eigenvalue weighted by atomic mass is 15.1. The van der Waals surface area contributed by atoms with E-state index < -0.39 is 0 Å². The Labute approximate surface area is 328 Å². The van der Waals surface area contributed by atoms with Crippen molar-refractivity contribution in [2.75, 3.05) is 4.90 Å². The van der Waals surface area contributed by atoms with Crippen LogP contribution in [0.5, 0.6) is 0 Å². The first kappa shape index (κ1) is 32.5. The van der Waals surface area contributed by atoms with Crippen LogP contribution in [0.2, 0.25) is 0 Å². The van der Waals surface area contributed by atoms with E-state index in [4.69, 9.17) is 0 Å². The summed E-state index contributed by atoms with van der Waals surface area (Å²) in [5.74, 6) is 0. The predicted molar refractivity (Wildman–Crippen MR) is 237 cm³/mol. The van der Waals surface area contributed by atoms with E-state index in [1.807, 2.05) is 0 Å². The van der Waals surface area contributed by atoms with E-state index in [0.29, 0.717) is 0 Å². The normalized spacial score (nSPS) is 13.0. The molecule has 1 nitrogen and oxygen atoms in total. The average Bonchev–Trinajstić information content (AvgIpc) is 3.71. The molecule has 0 heterocycles. The average molecular weight is 714 g/mol. The summed E-state index contributed by atoms with van der Waals surface area (Å²) >= 11 is 0. The molecule has 0 aliphatic heterocycles. The van der Waals surface area contributed by atoms with Crippen LogP contribution in [0.4, 0.5) is 17.1 Å². The summed E-state index contributed by atoms with van der Waals surface area (Å²) in [6.45, 7) is 4.71. The fourth-order valence-electron chi connectivity index (χ4n) is 9.47. The molecule has 1 heteroatoms. The maximum Gasteiger partial charge on any atom is 0.0543 e. The minimum Gasteiger partial charge on any atom is -0.310 e. The van der Waals surface area contributed by atoms with Crippen LogP contribution in [0.1, 0.15) is 25.0 Å². The molecule has 9 aromatic rings. The summed E-state index contributed by atoms with van der Waals surface area (Å²) < 4.78 is 0. The summed E-state index contributed by atoms with van der Waals surface area (Å²) in [6, 6.07) is 73.9. The van der Waals surface area contributed by atoms with Crippen molar-refractivity contribution in [2.24, 2.45) is 0 Å². The van der Waals surface area contributed by atoms with E-state index in [2.05, 4.69) is 219 Å². The molecule has 9 aromatic carbocycles. The first-order valence-corrected chi connectivity index (χ1v) is 19.6. The Morgan fingerprint density at radius 3 is 1.71 bits per heavy atom. The summed E-state index contributed by atoms with van der Waals surface area (Å²) in [6.07, 6.45) is 0. The minimum absolute atomic E-state index is 0.0984. The predicted octanol–water partition coefficient (Wildman–Crippen LogP) is 15.3. The Kier molecular flexibility index (Phi) is 7.28. The molecule has 264 valence electrons. The van der Waals surface area contributed by atoms with Gasteiger partial charge in [-0.05, 0) is 132 Å². The highest BCUT2D eigenvalue weighted by Crippen LogP contribution is 2.54. The number of benzene rings is 9. The molecule has 0 atom stereocenters. The molecule has 0 N–H and O–H groups in total. The summed E-state index contributed by atoms with van der Waals surface area (Å²) in [5, 5.41) is 2.64. The number of anilines is 3. The number of fused-ring (bicyclic) bond motifs is 6. The quantitative estimate of drug-likeness (QED) is 0.166. The van der Waals surface area contributed by atoms with Gasteiger partial charge < -0.3 is 4.90 Å². The third-order valence-electron chi connectivity index (χ3n) is 12.2. The van der Waals surface area contributed by atoms with Crippen LogP contribution >= 0.6 is 0 Å². The van der Waals surface area contributed by atoms with E-state index in [0.717, 1.165) is 11.4 Å². The lowest BCUT2D eigenvalue weighted by molar-refractivity contribution is 0.660. The van der Waals surface area contributed by atoms with Crippen LogP contribution in [-0.2, 0) is 5.41 Å². The standard InChI is InChI=1S/C55H39N/c1-55(2)50-25-9-8-23-48(50)54-51(55)26-13-27-52(54)56(43-30-28-37(29-31-43)36-14-4-3-5-15-36)44-20-11-18-40(34-44)38-16-10-17-39(32-38)42-33-41-19-12-24-47-45-21-6-7-22-46(45)49(35-42)53(41)47/h3-35H,1-2H3. The van der Waals surface area contributed by atoms with Crippen LogP contribution in [-0.4, -0.2) is 0 Å². The number of hydrogen-bond donors (Lipinski definition) is 0. The van der Waals surface area contributed by atoms with Gasteiger partial charge in [0.05, 0.1) is 5.69 Å². The molecule has 0 radical (unpaired) electrons. The molecule has 0 unspecified atom stereocenters. The van der Waals surface area contributed by atoms with Gasteiger partial charge in [-0.15, -0.1) is 0 Å². The molecule has 2 aliphatic rings. The Balaban J connectivity index is 1.05. The number of nitrogens with zero attached hydrogens (tertiary/aromatic N) is 1. The van der Waals surface area contributed by atoms with Crippen molar-refractivity contribution in [3.05, 3.63) is 211 Å². The van der Waals surface area contributed by atoms with Gasteiger partial charge in [0, 0.05) is 22.4 Å². The first-order chi connectivity index (χ1) is 27.5. The van der Waals surface area contributed by atoms with Crippen LogP contribution < -0.4 is 4.90 Å². The van der Waals surface area contributed by atoms with Crippen molar-refractivity contribution in [2.45, 2.75) is 19.3 Å². The van der Waals surface area contributed by atoms with Crippen LogP contribution in [0.3, 0.4) is 0 Å². The molecule has 2 aliphatic carbocycles. The number of hydrogen-bond acceptors (Lipinski definition) is 1. The van der Waals surface area contributed by atoms with Crippen molar-refractivity contribution in [3.63, 3.8) is 0 Å². The third kappa shape index (κ3) is 5.01. The van der Waals surface area contributed by atoms with Gasteiger partial charge in [-0.2, -0.15) is 0 Å². The Bertz CT molecular complexity index is 2990. The van der Waals surface area contributed by atoms with Gasteiger partial charge in [0.15, 0.2) is 0 Å². The fraction of sp³-hybridized carbons (Fsp3) is 0.0545. The van der Waals surface area contributed by atoms with E-state index in [9.17, 15) is 0 Å². The second-order valence-electron chi connectivity index (χ2n) is 15.7. The van der Waals surface area contributed by atoms with Crippen LogP contribution in [0.15, 0.2) is 200 Å². The maximum atomic E-state index is 2.46. The van der Waals surface area contributed by atoms with Crippen molar-refractivity contribution >= 4 is 27.8 Å². The Morgan fingerprint density at radius 2 is 0.911 bits per heavy atom. The molecule has 0 aromatic heterocycles. The molecule has 0 fully saturated rings. The van der Waals surface area contributed by atoms with Crippen LogP contribution in [0, 0.1) is 0 Å². The zero-order valence-electron chi connectivity index (χ0n) is 31.5. The lowest BCUT2D eigenvalue weighted by Gasteiger charge is -2.29. The minimum atomic E-state index is -0.0984. The second kappa shape index (κ2) is 12.5. The van der Waals surface area contributed by atoms with Crippen molar-refractivity contribution < 1.29 is 0 Å².